The molecule has 0 aromatic heterocycles. The number of alkyl halides is 2. The Hall–Kier alpha value is 0.540. The van der Waals surface area contributed by atoms with Crippen molar-refractivity contribution < 1.29 is 5.11 Å². The molecule has 0 radical (unpaired) electrons. The molecule has 0 spiro atoms. The molecule has 0 saturated carbocycles. The van der Waals surface area contributed by atoms with Crippen LogP contribution in [-0.2, 0) is 0 Å². The van der Waals surface area contributed by atoms with Crippen molar-refractivity contribution in [3.8, 4) is 0 Å². The van der Waals surface area contributed by atoms with E-state index in [0.29, 0.717) is 6.61 Å². The highest BCUT2D eigenvalue weighted by molar-refractivity contribution is 6.44. The molecule has 1 atom stereocenters. The minimum absolute atomic E-state index is 0.201. The average molecular weight is 227 g/mol. The van der Waals surface area contributed by atoms with E-state index in [2.05, 4.69) is 6.92 Å². The molecule has 0 aliphatic rings. The Labute approximate surface area is 91.4 Å². The lowest BCUT2D eigenvalue weighted by Crippen LogP contribution is -1.97. The lowest BCUT2D eigenvalue weighted by Gasteiger charge is -2.09. The summed E-state index contributed by atoms with van der Waals surface area (Å²) in [6, 6.07) is 0. The summed E-state index contributed by atoms with van der Waals surface area (Å²) in [6.45, 7) is 2.55. The lowest BCUT2D eigenvalue weighted by atomic mass is 9.98. The zero-order valence-corrected chi connectivity index (χ0v) is 9.82. The van der Waals surface area contributed by atoms with Gasteiger partial charge in [0.05, 0.1) is 0 Å². The molecule has 0 heterocycles. The third kappa shape index (κ3) is 10.5. The van der Waals surface area contributed by atoms with Gasteiger partial charge in [-0.1, -0.05) is 26.2 Å². The maximum atomic E-state index is 8.62. The Balaban J connectivity index is 3.12. The number of hydrogen-bond acceptors (Lipinski definition) is 1. The van der Waals surface area contributed by atoms with E-state index < -0.39 is 0 Å². The monoisotopic (exact) mass is 226 g/mol. The van der Waals surface area contributed by atoms with Gasteiger partial charge < -0.3 is 5.11 Å². The van der Waals surface area contributed by atoms with Gasteiger partial charge in [-0.05, 0) is 25.2 Å². The summed E-state index contributed by atoms with van der Waals surface area (Å²) in [5, 5.41) is 8.62. The van der Waals surface area contributed by atoms with Crippen molar-refractivity contribution in [2.75, 3.05) is 6.61 Å². The number of hydrogen-bond donors (Lipinski definition) is 1. The van der Waals surface area contributed by atoms with Gasteiger partial charge in [-0.2, -0.15) is 0 Å². The van der Waals surface area contributed by atoms with Crippen molar-refractivity contribution in [2.45, 2.75) is 50.3 Å². The lowest BCUT2D eigenvalue weighted by molar-refractivity contribution is 0.270. The molecule has 0 aromatic carbocycles. The summed E-state index contributed by atoms with van der Waals surface area (Å²) in [4.78, 5) is -0.201. The highest BCUT2D eigenvalue weighted by atomic mass is 35.5. The molecule has 1 N–H and O–H groups in total. The van der Waals surface area contributed by atoms with Crippen molar-refractivity contribution in [1.29, 1.82) is 0 Å². The van der Waals surface area contributed by atoms with Gasteiger partial charge >= 0.3 is 0 Å². The second-order valence-corrected chi connectivity index (χ2v) is 4.92. The van der Waals surface area contributed by atoms with Crippen molar-refractivity contribution in [3.05, 3.63) is 0 Å². The molecule has 0 saturated heterocycles. The molecule has 13 heavy (non-hydrogen) atoms. The molecular weight excluding hydrogens is 207 g/mol. The third-order valence-electron chi connectivity index (χ3n) is 2.22. The number of unbranched alkanes of at least 4 members (excludes halogenated alkanes) is 1. The number of aliphatic hydroxyl groups excluding tert-OH is 1. The Morgan fingerprint density at radius 1 is 1.00 bits per heavy atom. The first-order valence-electron chi connectivity index (χ1n) is 5.05. The van der Waals surface area contributed by atoms with Crippen LogP contribution < -0.4 is 0 Å². The van der Waals surface area contributed by atoms with Crippen LogP contribution in [0.2, 0.25) is 0 Å². The van der Waals surface area contributed by atoms with Gasteiger partial charge in [0.1, 0.15) is 4.84 Å². The Kier molecular flexibility index (Phi) is 9.49. The first-order chi connectivity index (χ1) is 6.16. The molecule has 0 rings (SSSR count). The molecule has 1 unspecified atom stereocenters. The molecule has 3 heteroatoms. The normalized spacial score (nSPS) is 13.6. The standard InChI is InChI=1S/C10H20Cl2O/c1-9(6-4-8-13)5-2-3-7-10(11)12/h9-10,13H,2-8H2,1H3. The first kappa shape index (κ1) is 13.5. The van der Waals surface area contributed by atoms with Crippen LogP contribution in [0.1, 0.15) is 45.4 Å². The number of rotatable bonds is 8. The molecule has 0 aliphatic carbocycles. The van der Waals surface area contributed by atoms with E-state index in [-0.39, 0.29) is 4.84 Å². The molecule has 0 fully saturated rings. The zero-order valence-electron chi connectivity index (χ0n) is 8.31. The van der Waals surface area contributed by atoms with Gasteiger partial charge in [-0.3, -0.25) is 0 Å². The van der Waals surface area contributed by atoms with Gasteiger partial charge in [-0.15, -0.1) is 23.2 Å². The molecule has 0 amide bonds. The van der Waals surface area contributed by atoms with Gasteiger partial charge in [0, 0.05) is 6.61 Å². The second kappa shape index (κ2) is 9.11. The van der Waals surface area contributed by atoms with Crippen molar-refractivity contribution >= 4 is 23.2 Å². The Bertz CT molecular complexity index is 107. The smallest absolute Gasteiger partial charge is 0.107 e. The number of halogens is 2. The van der Waals surface area contributed by atoms with E-state index >= 15 is 0 Å². The van der Waals surface area contributed by atoms with Gasteiger partial charge in [0.25, 0.3) is 0 Å². The Morgan fingerprint density at radius 2 is 1.54 bits per heavy atom. The molecule has 1 nitrogen and oxygen atoms in total. The minimum Gasteiger partial charge on any atom is -0.396 e. The Morgan fingerprint density at radius 3 is 2.08 bits per heavy atom. The van der Waals surface area contributed by atoms with Crippen LogP contribution in [0.5, 0.6) is 0 Å². The van der Waals surface area contributed by atoms with Crippen molar-refractivity contribution in [3.63, 3.8) is 0 Å². The van der Waals surface area contributed by atoms with Crippen LogP contribution in [0.15, 0.2) is 0 Å². The van der Waals surface area contributed by atoms with E-state index in [4.69, 9.17) is 28.3 Å². The van der Waals surface area contributed by atoms with E-state index in [1.165, 1.54) is 12.8 Å². The predicted molar refractivity (Wildman–Crippen MR) is 59.4 cm³/mol. The summed E-state index contributed by atoms with van der Waals surface area (Å²) in [5.74, 6) is 0.719. The van der Waals surface area contributed by atoms with Crippen LogP contribution >= 0.6 is 23.2 Å². The minimum atomic E-state index is -0.201. The maximum Gasteiger partial charge on any atom is 0.107 e. The zero-order chi connectivity index (χ0) is 10.1. The van der Waals surface area contributed by atoms with E-state index in [9.17, 15) is 0 Å². The third-order valence-corrected chi connectivity index (χ3v) is 2.66. The summed E-state index contributed by atoms with van der Waals surface area (Å²) in [7, 11) is 0. The molecule has 80 valence electrons. The van der Waals surface area contributed by atoms with Crippen LogP contribution in [0.25, 0.3) is 0 Å². The summed E-state index contributed by atoms with van der Waals surface area (Å²) >= 11 is 11.2. The fourth-order valence-electron chi connectivity index (χ4n) is 1.38. The predicted octanol–water partition coefficient (Wildman–Crippen LogP) is 3.76. The first-order valence-corrected chi connectivity index (χ1v) is 5.93. The summed E-state index contributed by atoms with van der Waals surface area (Å²) < 4.78 is 0. The van der Waals surface area contributed by atoms with E-state index in [1.807, 2.05) is 0 Å². The highest BCUT2D eigenvalue weighted by Gasteiger charge is 2.02. The fourth-order valence-corrected chi connectivity index (χ4v) is 1.68. The topological polar surface area (TPSA) is 20.2 Å². The SMILES string of the molecule is CC(CCCO)CCCCC(Cl)Cl. The highest BCUT2D eigenvalue weighted by Crippen LogP contribution is 2.17. The second-order valence-electron chi connectivity index (χ2n) is 3.65. The maximum absolute atomic E-state index is 8.62. The average Bonchev–Trinajstić information content (AvgIpc) is 2.08. The van der Waals surface area contributed by atoms with Gasteiger partial charge in [0.2, 0.25) is 0 Å². The van der Waals surface area contributed by atoms with Crippen molar-refractivity contribution in [1.82, 2.24) is 0 Å². The largest absolute Gasteiger partial charge is 0.396 e. The van der Waals surface area contributed by atoms with Crippen LogP contribution in [-0.4, -0.2) is 16.5 Å². The van der Waals surface area contributed by atoms with E-state index in [0.717, 1.165) is 31.6 Å². The number of aliphatic hydroxyl groups is 1. The van der Waals surface area contributed by atoms with Crippen molar-refractivity contribution in [2.24, 2.45) is 5.92 Å². The van der Waals surface area contributed by atoms with Gasteiger partial charge in [-0.25, -0.2) is 0 Å². The molecule has 0 aromatic rings. The van der Waals surface area contributed by atoms with Crippen LogP contribution in [0, 0.1) is 5.92 Å². The molecular formula is C10H20Cl2O. The van der Waals surface area contributed by atoms with Crippen LogP contribution in [0.4, 0.5) is 0 Å². The molecule has 0 aliphatic heterocycles. The fraction of sp³-hybridized carbons (Fsp3) is 1.00. The summed E-state index contributed by atoms with van der Waals surface area (Å²) in [5.41, 5.74) is 0. The van der Waals surface area contributed by atoms with Gasteiger partial charge in [0.15, 0.2) is 0 Å². The van der Waals surface area contributed by atoms with Crippen LogP contribution in [0.3, 0.4) is 0 Å². The van der Waals surface area contributed by atoms with E-state index in [1.54, 1.807) is 0 Å². The quantitative estimate of drug-likeness (QED) is 0.494. The molecule has 0 bridgehead atoms. The summed E-state index contributed by atoms with van der Waals surface area (Å²) in [6.07, 6.45) is 6.48.